The first-order valence-corrected chi connectivity index (χ1v) is 15.8. The molecule has 0 unspecified atom stereocenters. The van der Waals surface area contributed by atoms with E-state index in [1.807, 2.05) is 18.3 Å². The molecule has 0 saturated carbocycles. The van der Waals surface area contributed by atoms with Crippen LogP contribution in [0.25, 0.3) is 66.1 Å². The van der Waals surface area contributed by atoms with Crippen LogP contribution in [0.4, 0.5) is 0 Å². The van der Waals surface area contributed by atoms with Gasteiger partial charge in [-0.15, -0.1) is 41.5 Å². The molecule has 0 fully saturated rings. The molecule has 5 heteroatoms. The Morgan fingerprint density at radius 3 is 2.23 bits per heavy atom. The fourth-order valence-electron chi connectivity index (χ4n) is 6.65. The molecule has 0 bridgehead atoms. The van der Waals surface area contributed by atoms with E-state index in [1.165, 1.54) is 60.3 Å². The molecule has 9 rings (SSSR count). The number of hydrogen-bond donors (Lipinski definition) is 0. The zero-order valence-corrected chi connectivity index (χ0v) is 29.5. The number of aryl methyl sites for hydroxylation is 3. The summed E-state index contributed by atoms with van der Waals surface area (Å²) in [5.41, 5.74) is 12.9. The van der Waals surface area contributed by atoms with Crippen LogP contribution in [0.2, 0.25) is 0 Å². The third kappa shape index (κ3) is 5.02. The molecule has 47 heavy (non-hydrogen) atoms. The fraction of sp³-hybridized carbons (Fsp3) is 0.143. The van der Waals surface area contributed by atoms with Gasteiger partial charge in [0.2, 0.25) is 6.33 Å². The standard InChI is InChI=1S/C28H20N3.C14H14N.Ir/c1-18(2)29-17-30(24-14-6-5-13-23(24)29)25-15-8-16-26-27(25)21-11-7-10-20-19-9-3-4-12-22(19)31(26)28(20)21;1-10-4-6-13(7-5-10)14-8-11(2)12(3)9-15-14;/h3-14,16,18H,1-2H3;4-6,8-9H,1-3H3;/q2*-1;+3. The van der Waals surface area contributed by atoms with Crippen molar-refractivity contribution in [3.8, 4) is 16.9 Å². The Balaban J connectivity index is 0.000000186. The predicted octanol–water partition coefficient (Wildman–Crippen LogP) is 9.72. The maximum absolute atomic E-state index is 4.41. The summed E-state index contributed by atoms with van der Waals surface area (Å²) >= 11 is 0. The van der Waals surface area contributed by atoms with Gasteiger partial charge in [-0.05, 0) is 45.0 Å². The second-order valence-corrected chi connectivity index (χ2v) is 12.5. The number of fused-ring (bicyclic) bond motifs is 7. The van der Waals surface area contributed by atoms with E-state index in [4.69, 9.17) is 0 Å². The van der Waals surface area contributed by atoms with Gasteiger partial charge < -0.3 is 18.5 Å². The number of benzene rings is 5. The summed E-state index contributed by atoms with van der Waals surface area (Å²) in [4.78, 5) is 4.41. The van der Waals surface area contributed by atoms with Gasteiger partial charge >= 0.3 is 20.1 Å². The summed E-state index contributed by atoms with van der Waals surface area (Å²) < 4.78 is 6.81. The van der Waals surface area contributed by atoms with Crippen LogP contribution in [0, 0.1) is 39.2 Å². The number of aromatic nitrogens is 4. The van der Waals surface area contributed by atoms with E-state index in [9.17, 15) is 0 Å². The average molecular weight is 787 g/mol. The van der Waals surface area contributed by atoms with Crippen LogP contribution < -0.4 is 4.57 Å². The largest absolute Gasteiger partial charge is 3.00 e. The fourth-order valence-corrected chi connectivity index (χ4v) is 6.65. The third-order valence-corrected chi connectivity index (χ3v) is 9.11. The van der Waals surface area contributed by atoms with Crippen molar-refractivity contribution in [2.75, 3.05) is 0 Å². The van der Waals surface area contributed by atoms with Gasteiger partial charge in [0.25, 0.3) is 0 Å². The Morgan fingerprint density at radius 2 is 1.47 bits per heavy atom. The van der Waals surface area contributed by atoms with E-state index in [0.717, 1.165) is 22.5 Å². The predicted molar refractivity (Wildman–Crippen MR) is 189 cm³/mol. The van der Waals surface area contributed by atoms with Gasteiger partial charge in [0, 0.05) is 22.5 Å². The smallest absolute Gasteiger partial charge is 0.341 e. The topological polar surface area (TPSA) is 26.1 Å². The van der Waals surface area contributed by atoms with E-state index < -0.39 is 0 Å². The molecule has 0 spiro atoms. The molecule has 0 aliphatic heterocycles. The second-order valence-electron chi connectivity index (χ2n) is 12.5. The molecule has 0 radical (unpaired) electrons. The van der Waals surface area contributed by atoms with Crippen LogP contribution >= 0.6 is 0 Å². The molecule has 0 aliphatic rings. The summed E-state index contributed by atoms with van der Waals surface area (Å²) in [6, 6.07) is 43.4. The van der Waals surface area contributed by atoms with E-state index in [2.05, 4.69) is 163 Å². The first-order valence-electron chi connectivity index (χ1n) is 15.8. The molecule has 5 aromatic carbocycles. The summed E-state index contributed by atoms with van der Waals surface area (Å²) in [7, 11) is 0. The quantitative estimate of drug-likeness (QED) is 0.130. The number of pyridine rings is 1. The Morgan fingerprint density at radius 1 is 0.723 bits per heavy atom. The van der Waals surface area contributed by atoms with Crippen molar-refractivity contribution in [3.63, 3.8) is 0 Å². The van der Waals surface area contributed by atoms with E-state index >= 15 is 0 Å². The first-order chi connectivity index (χ1) is 22.4. The molecule has 0 atom stereocenters. The van der Waals surface area contributed by atoms with Gasteiger partial charge in [0.15, 0.2) is 0 Å². The van der Waals surface area contributed by atoms with Crippen molar-refractivity contribution in [2.24, 2.45) is 0 Å². The zero-order valence-electron chi connectivity index (χ0n) is 27.1. The van der Waals surface area contributed by atoms with Crippen molar-refractivity contribution in [1.82, 2.24) is 14.0 Å². The van der Waals surface area contributed by atoms with Crippen molar-refractivity contribution in [2.45, 2.75) is 40.7 Å². The number of imidazole rings is 1. The van der Waals surface area contributed by atoms with Crippen molar-refractivity contribution in [1.29, 1.82) is 0 Å². The van der Waals surface area contributed by atoms with Gasteiger partial charge in [-0.3, -0.25) is 0 Å². The van der Waals surface area contributed by atoms with Crippen LogP contribution in [0.1, 0.15) is 36.6 Å². The number of hydrogen-bond acceptors (Lipinski definition) is 1. The summed E-state index contributed by atoms with van der Waals surface area (Å²) in [6.45, 7) is 10.6. The second kappa shape index (κ2) is 12.1. The maximum atomic E-state index is 4.41. The number of para-hydroxylation sites is 4. The molecular weight excluding hydrogens is 753 g/mol. The molecule has 230 valence electrons. The van der Waals surface area contributed by atoms with Crippen LogP contribution in [-0.4, -0.2) is 14.0 Å². The third-order valence-electron chi connectivity index (χ3n) is 9.11. The molecular formula is C42H34IrN4+. The molecule has 9 aromatic rings. The minimum atomic E-state index is 0. The van der Waals surface area contributed by atoms with Gasteiger partial charge in [0.1, 0.15) is 0 Å². The number of nitrogens with zero attached hydrogens (tertiary/aromatic N) is 4. The molecule has 4 nitrogen and oxygen atoms in total. The van der Waals surface area contributed by atoms with Crippen molar-refractivity contribution >= 4 is 49.1 Å². The SMILES string of the molecule is CC(C)[n+]1[c-]n(-c2[c-]ccc3c2c2cccc4c5ccccc5n3c42)c2ccccc21.Cc1c[c-]c(-c2cc(C)c(C)cn2)cc1.[Ir+3]. The molecule has 4 heterocycles. The van der Waals surface area contributed by atoms with E-state index in [0.29, 0.717) is 6.04 Å². The summed E-state index contributed by atoms with van der Waals surface area (Å²) in [6.07, 6.45) is 5.53. The van der Waals surface area contributed by atoms with Gasteiger partial charge in [-0.1, -0.05) is 101 Å². The minimum Gasteiger partial charge on any atom is -0.341 e. The zero-order chi connectivity index (χ0) is 31.5. The van der Waals surface area contributed by atoms with Crippen LogP contribution in [0.15, 0.2) is 109 Å². The molecule has 0 amide bonds. The van der Waals surface area contributed by atoms with Crippen molar-refractivity contribution < 1.29 is 24.7 Å². The average Bonchev–Trinajstić information content (AvgIpc) is 3.74. The maximum Gasteiger partial charge on any atom is 3.00 e. The van der Waals surface area contributed by atoms with Crippen LogP contribution in [0.5, 0.6) is 0 Å². The van der Waals surface area contributed by atoms with Gasteiger partial charge in [0.05, 0.1) is 22.6 Å². The number of rotatable bonds is 3. The molecule has 0 aliphatic carbocycles. The first kappa shape index (κ1) is 30.8. The van der Waals surface area contributed by atoms with Gasteiger partial charge in [-0.2, -0.15) is 12.1 Å². The van der Waals surface area contributed by atoms with Gasteiger partial charge in [-0.25, -0.2) is 0 Å². The minimum absolute atomic E-state index is 0. The summed E-state index contributed by atoms with van der Waals surface area (Å²) in [5.74, 6) is 0. The van der Waals surface area contributed by atoms with Crippen molar-refractivity contribution in [3.05, 3.63) is 144 Å². The van der Waals surface area contributed by atoms with Crippen LogP contribution in [-0.2, 0) is 20.1 Å². The van der Waals surface area contributed by atoms with E-state index in [1.54, 1.807) is 0 Å². The van der Waals surface area contributed by atoms with E-state index in [-0.39, 0.29) is 20.1 Å². The summed E-state index contributed by atoms with van der Waals surface area (Å²) in [5, 5.41) is 5.09. The molecule has 0 saturated heterocycles. The molecule has 4 aromatic heterocycles. The monoisotopic (exact) mass is 787 g/mol. The normalized spacial score (nSPS) is 11.5. The Labute approximate surface area is 288 Å². The molecule has 0 N–H and O–H groups in total. The van der Waals surface area contributed by atoms with Crippen LogP contribution in [0.3, 0.4) is 0 Å². The Hall–Kier alpha value is -4.83. The Bertz CT molecular complexity index is 2540. The Kier molecular flexibility index (Phi) is 7.91.